The van der Waals surface area contributed by atoms with Crippen LogP contribution in [-0.4, -0.2) is 29.9 Å². The Kier molecular flexibility index (Phi) is 7.00. The zero-order valence-corrected chi connectivity index (χ0v) is 17.8. The van der Waals surface area contributed by atoms with E-state index in [1.54, 1.807) is 11.8 Å². The first-order valence-electron chi connectivity index (χ1n) is 10.1. The maximum atomic E-state index is 13.0. The third-order valence-electron chi connectivity index (χ3n) is 5.38. The summed E-state index contributed by atoms with van der Waals surface area (Å²) in [7, 11) is 0. The fourth-order valence-electron chi connectivity index (χ4n) is 3.95. The van der Waals surface area contributed by atoms with Gasteiger partial charge in [0.25, 0.3) is 0 Å². The van der Waals surface area contributed by atoms with Crippen molar-refractivity contribution in [1.29, 1.82) is 0 Å². The minimum Gasteiger partial charge on any atom is -0.461 e. The molecule has 1 aliphatic heterocycles. The Morgan fingerprint density at radius 2 is 1.96 bits per heavy atom. The number of aryl methyl sites for hydroxylation is 1. The lowest BCUT2D eigenvalue weighted by atomic mass is 9.75. The molecule has 1 heterocycles. The van der Waals surface area contributed by atoms with E-state index in [1.807, 2.05) is 6.92 Å². The topological polar surface area (TPSA) is 55.4 Å². The summed E-state index contributed by atoms with van der Waals surface area (Å²) in [5, 5.41) is 3.34. The molecule has 0 saturated heterocycles. The molecule has 28 heavy (non-hydrogen) atoms. The maximum absolute atomic E-state index is 13.0. The summed E-state index contributed by atoms with van der Waals surface area (Å²) < 4.78 is 5.57. The quantitative estimate of drug-likeness (QED) is 0.540. The summed E-state index contributed by atoms with van der Waals surface area (Å²) in [6, 6.07) is 8.27. The van der Waals surface area contributed by atoms with Crippen molar-refractivity contribution in [3.8, 4) is 0 Å². The van der Waals surface area contributed by atoms with E-state index in [0.717, 1.165) is 53.3 Å². The van der Waals surface area contributed by atoms with E-state index in [4.69, 9.17) is 4.74 Å². The highest BCUT2D eigenvalue weighted by atomic mass is 32.2. The second-order valence-corrected chi connectivity index (χ2v) is 8.59. The molecule has 0 spiro atoms. The average Bonchev–Trinajstić information content (AvgIpc) is 2.70. The molecular formula is C23H29NO3S. The highest BCUT2D eigenvalue weighted by Crippen LogP contribution is 2.42. The number of benzene rings is 1. The molecule has 0 radical (unpaired) electrons. The lowest BCUT2D eigenvalue weighted by Gasteiger charge is -2.34. The largest absolute Gasteiger partial charge is 0.461 e. The molecule has 3 rings (SSSR count). The predicted molar refractivity (Wildman–Crippen MR) is 114 cm³/mol. The van der Waals surface area contributed by atoms with Gasteiger partial charge in [0, 0.05) is 35.1 Å². The van der Waals surface area contributed by atoms with Gasteiger partial charge in [-0.1, -0.05) is 38.1 Å². The summed E-state index contributed by atoms with van der Waals surface area (Å²) in [6.45, 7) is 6.50. The molecule has 4 nitrogen and oxygen atoms in total. The Hall–Kier alpha value is -2.01. The van der Waals surface area contributed by atoms with Crippen LogP contribution in [0.3, 0.4) is 0 Å². The number of dihydropyridines is 1. The molecule has 1 aromatic rings. The van der Waals surface area contributed by atoms with Gasteiger partial charge in [0.1, 0.15) is 6.61 Å². The molecule has 0 aromatic heterocycles. The van der Waals surface area contributed by atoms with Gasteiger partial charge in [-0.15, -0.1) is 0 Å². The normalized spacial score (nSPS) is 19.4. The molecule has 150 valence electrons. The second kappa shape index (κ2) is 9.46. The number of esters is 1. The number of hydrogen-bond donors (Lipinski definition) is 1. The van der Waals surface area contributed by atoms with Crippen LogP contribution < -0.4 is 5.32 Å². The monoisotopic (exact) mass is 399 g/mol. The van der Waals surface area contributed by atoms with Crippen LogP contribution in [-0.2, 0) is 20.7 Å². The van der Waals surface area contributed by atoms with Crippen molar-refractivity contribution in [2.24, 2.45) is 0 Å². The third kappa shape index (κ3) is 4.35. The van der Waals surface area contributed by atoms with Gasteiger partial charge in [-0.25, -0.2) is 4.79 Å². The maximum Gasteiger partial charge on any atom is 0.336 e. The molecule has 1 aliphatic carbocycles. The number of carbonyl (C=O) groups excluding carboxylic acids is 2. The van der Waals surface area contributed by atoms with E-state index >= 15 is 0 Å². The Bertz CT molecular complexity index is 808. The third-order valence-corrected chi connectivity index (χ3v) is 6.25. The van der Waals surface area contributed by atoms with Crippen LogP contribution >= 0.6 is 11.8 Å². The van der Waals surface area contributed by atoms with Gasteiger partial charge in [-0.05, 0) is 43.1 Å². The zero-order chi connectivity index (χ0) is 20.1. The van der Waals surface area contributed by atoms with Crippen molar-refractivity contribution in [3.05, 3.63) is 57.9 Å². The van der Waals surface area contributed by atoms with Crippen LogP contribution in [0.4, 0.5) is 0 Å². The number of carbonyl (C=O) groups is 2. The molecule has 0 amide bonds. The Balaban J connectivity index is 1.97. The van der Waals surface area contributed by atoms with Gasteiger partial charge in [0.2, 0.25) is 0 Å². The number of Topliss-reactive ketones (excluding diaryl/α,β-unsaturated/α-hetero) is 1. The lowest BCUT2D eigenvalue weighted by molar-refractivity contribution is -0.138. The highest BCUT2D eigenvalue weighted by Gasteiger charge is 2.38. The Morgan fingerprint density at radius 1 is 1.21 bits per heavy atom. The minimum absolute atomic E-state index is 0.137. The molecule has 0 bridgehead atoms. The lowest BCUT2D eigenvalue weighted by Crippen LogP contribution is -2.34. The van der Waals surface area contributed by atoms with Crippen molar-refractivity contribution in [2.75, 3.05) is 18.1 Å². The van der Waals surface area contributed by atoms with Crippen LogP contribution in [0.5, 0.6) is 0 Å². The SMILES string of the molecule is CCSCCOC(=O)C1=C(C)NC2=C(C(=O)CCC2)C1c1ccc(CC)cc1. The standard InChI is InChI=1S/C23H29NO3S/c1-4-16-9-11-17(12-10-16)21-20(23(26)27-13-14-28-5-2)15(3)24-18-7-6-8-19(25)22(18)21/h9-12,21,24H,4-8,13-14H2,1-3H3. The van der Waals surface area contributed by atoms with E-state index < -0.39 is 0 Å². The number of ether oxygens (including phenoxy) is 1. The minimum atomic E-state index is -0.346. The molecule has 2 aliphatic rings. The highest BCUT2D eigenvalue weighted by molar-refractivity contribution is 7.99. The number of allylic oxidation sites excluding steroid dienone is 3. The van der Waals surface area contributed by atoms with Crippen molar-refractivity contribution in [2.45, 2.75) is 52.4 Å². The smallest absolute Gasteiger partial charge is 0.336 e. The van der Waals surface area contributed by atoms with Gasteiger partial charge >= 0.3 is 5.97 Å². The van der Waals surface area contributed by atoms with Crippen molar-refractivity contribution in [3.63, 3.8) is 0 Å². The van der Waals surface area contributed by atoms with E-state index in [1.165, 1.54) is 5.56 Å². The number of nitrogens with one attached hydrogen (secondary N) is 1. The van der Waals surface area contributed by atoms with Gasteiger partial charge in [0.15, 0.2) is 5.78 Å². The number of rotatable bonds is 7. The van der Waals surface area contributed by atoms with Crippen molar-refractivity contribution in [1.82, 2.24) is 5.32 Å². The first kappa shape index (κ1) is 20.7. The van der Waals surface area contributed by atoms with E-state index in [0.29, 0.717) is 18.6 Å². The summed E-state index contributed by atoms with van der Waals surface area (Å²) in [4.78, 5) is 25.8. The summed E-state index contributed by atoms with van der Waals surface area (Å²) in [5.41, 5.74) is 5.30. The van der Waals surface area contributed by atoms with E-state index in [9.17, 15) is 9.59 Å². The Labute approximate surface area is 171 Å². The summed E-state index contributed by atoms with van der Waals surface area (Å²) >= 11 is 1.75. The predicted octanol–water partition coefficient (Wildman–Crippen LogP) is 4.51. The fraction of sp³-hybridized carbons (Fsp3) is 0.478. The van der Waals surface area contributed by atoms with Gasteiger partial charge in [0.05, 0.1) is 5.57 Å². The Morgan fingerprint density at radius 3 is 2.64 bits per heavy atom. The van der Waals surface area contributed by atoms with Crippen LogP contribution in [0.15, 0.2) is 46.8 Å². The summed E-state index contributed by atoms with van der Waals surface area (Å²) in [6.07, 6.45) is 3.20. The second-order valence-electron chi connectivity index (χ2n) is 7.19. The van der Waals surface area contributed by atoms with Gasteiger partial charge in [-0.2, -0.15) is 11.8 Å². The molecule has 1 unspecified atom stereocenters. The van der Waals surface area contributed by atoms with Crippen molar-refractivity contribution >= 4 is 23.5 Å². The average molecular weight is 400 g/mol. The van der Waals surface area contributed by atoms with E-state index in [-0.39, 0.29) is 17.7 Å². The molecule has 0 saturated carbocycles. The van der Waals surface area contributed by atoms with Crippen LogP contribution in [0, 0.1) is 0 Å². The summed E-state index contributed by atoms with van der Waals surface area (Å²) in [5.74, 6) is 1.25. The van der Waals surface area contributed by atoms with Crippen LogP contribution in [0.1, 0.15) is 57.1 Å². The first-order valence-corrected chi connectivity index (χ1v) is 11.3. The molecule has 0 fully saturated rings. The fourth-order valence-corrected chi connectivity index (χ4v) is 4.44. The molecule has 1 aromatic carbocycles. The van der Waals surface area contributed by atoms with Gasteiger partial charge < -0.3 is 10.1 Å². The zero-order valence-electron chi connectivity index (χ0n) is 17.0. The van der Waals surface area contributed by atoms with Crippen LogP contribution in [0.2, 0.25) is 0 Å². The molecule has 1 N–H and O–H groups in total. The van der Waals surface area contributed by atoms with Crippen molar-refractivity contribution < 1.29 is 14.3 Å². The number of thioether (sulfide) groups is 1. The van der Waals surface area contributed by atoms with Crippen LogP contribution in [0.25, 0.3) is 0 Å². The van der Waals surface area contributed by atoms with Gasteiger partial charge in [-0.3, -0.25) is 4.79 Å². The molecular weight excluding hydrogens is 370 g/mol. The van der Waals surface area contributed by atoms with E-state index in [2.05, 4.69) is 43.4 Å². The molecule has 5 heteroatoms. The first-order chi connectivity index (χ1) is 13.6. The molecule has 1 atom stereocenters. The number of ketones is 1. The number of hydrogen-bond acceptors (Lipinski definition) is 5.